The fourth-order valence-electron chi connectivity index (χ4n) is 0.975. The van der Waals surface area contributed by atoms with Gasteiger partial charge in [0.15, 0.2) is 0 Å². The van der Waals surface area contributed by atoms with E-state index in [2.05, 4.69) is 18.2 Å². The molecule has 0 unspecified atom stereocenters. The summed E-state index contributed by atoms with van der Waals surface area (Å²) in [5.41, 5.74) is -2.12. The van der Waals surface area contributed by atoms with E-state index in [0.29, 0.717) is 0 Å². The maximum Gasteiger partial charge on any atom is 0.261 e. The van der Waals surface area contributed by atoms with E-state index in [1.807, 2.05) is 0 Å². The SMILES string of the molecule is CCCN(CCC)SP(=S)(OC)OC. The molecule has 0 atom stereocenters. The van der Waals surface area contributed by atoms with Gasteiger partial charge in [0.05, 0.1) is 0 Å². The summed E-state index contributed by atoms with van der Waals surface area (Å²) in [4.78, 5) is 0. The smallest absolute Gasteiger partial charge is 0.261 e. The van der Waals surface area contributed by atoms with Gasteiger partial charge in [0, 0.05) is 38.9 Å². The molecule has 0 spiro atoms. The molecular formula is C8H20NO2PS2. The Kier molecular flexibility index (Phi) is 8.59. The lowest BCUT2D eigenvalue weighted by molar-refractivity contribution is 0.351. The van der Waals surface area contributed by atoms with Crippen LogP contribution >= 0.6 is 17.3 Å². The first-order valence-electron chi connectivity index (χ1n) is 4.78. The third-order valence-corrected chi connectivity index (χ3v) is 6.98. The van der Waals surface area contributed by atoms with Crippen LogP contribution in [-0.2, 0) is 20.9 Å². The molecule has 0 saturated carbocycles. The van der Waals surface area contributed by atoms with Crippen LogP contribution in [0.5, 0.6) is 0 Å². The van der Waals surface area contributed by atoms with Gasteiger partial charge < -0.3 is 9.05 Å². The predicted molar refractivity (Wildman–Crippen MR) is 68.0 cm³/mol. The number of hydrogen-bond donors (Lipinski definition) is 0. The van der Waals surface area contributed by atoms with Gasteiger partial charge in [0.2, 0.25) is 0 Å². The largest absolute Gasteiger partial charge is 0.324 e. The first-order valence-corrected chi connectivity index (χ1v) is 8.79. The van der Waals surface area contributed by atoms with Gasteiger partial charge in [0.25, 0.3) is 5.69 Å². The van der Waals surface area contributed by atoms with Gasteiger partial charge in [-0.15, -0.1) is 0 Å². The third-order valence-electron chi connectivity index (χ3n) is 1.61. The molecule has 0 saturated heterocycles. The summed E-state index contributed by atoms with van der Waals surface area (Å²) in [6.45, 7) is 6.38. The van der Waals surface area contributed by atoms with E-state index < -0.39 is 5.69 Å². The second-order valence-corrected chi connectivity index (χ2v) is 9.20. The minimum atomic E-state index is -2.12. The molecule has 14 heavy (non-hydrogen) atoms. The van der Waals surface area contributed by atoms with Gasteiger partial charge in [-0.3, -0.25) is 0 Å². The van der Waals surface area contributed by atoms with E-state index in [1.54, 1.807) is 25.8 Å². The van der Waals surface area contributed by atoms with Crippen LogP contribution in [0, 0.1) is 0 Å². The van der Waals surface area contributed by atoms with Gasteiger partial charge >= 0.3 is 0 Å². The van der Waals surface area contributed by atoms with Crippen LogP contribution < -0.4 is 0 Å². The zero-order valence-corrected chi connectivity index (χ0v) is 11.9. The molecule has 0 aromatic rings. The second kappa shape index (κ2) is 8.08. The van der Waals surface area contributed by atoms with Gasteiger partial charge in [0.1, 0.15) is 0 Å². The number of nitrogens with zero attached hydrogens (tertiary/aromatic N) is 1. The van der Waals surface area contributed by atoms with Crippen molar-refractivity contribution >= 4 is 29.1 Å². The van der Waals surface area contributed by atoms with Crippen molar-refractivity contribution in [2.45, 2.75) is 26.7 Å². The van der Waals surface area contributed by atoms with Crippen molar-refractivity contribution in [3.05, 3.63) is 0 Å². The van der Waals surface area contributed by atoms with Crippen molar-refractivity contribution in [2.75, 3.05) is 27.3 Å². The van der Waals surface area contributed by atoms with E-state index in [1.165, 1.54) is 0 Å². The van der Waals surface area contributed by atoms with E-state index in [9.17, 15) is 0 Å². The molecule has 0 aliphatic heterocycles. The van der Waals surface area contributed by atoms with Crippen LogP contribution in [0.2, 0.25) is 0 Å². The fourth-order valence-corrected chi connectivity index (χ4v) is 4.66. The molecule has 86 valence electrons. The van der Waals surface area contributed by atoms with Crippen molar-refractivity contribution in [3.8, 4) is 0 Å². The molecule has 0 amide bonds. The van der Waals surface area contributed by atoms with Crippen LogP contribution in [0.25, 0.3) is 0 Å². The van der Waals surface area contributed by atoms with Gasteiger partial charge in [-0.2, -0.15) is 0 Å². The summed E-state index contributed by atoms with van der Waals surface area (Å²) in [5, 5.41) is 0. The highest BCUT2D eigenvalue weighted by molar-refractivity contribution is 8.67. The average molecular weight is 257 g/mol. The van der Waals surface area contributed by atoms with Crippen molar-refractivity contribution in [3.63, 3.8) is 0 Å². The zero-order valence-electron chi connectivity index (χ0n) is 9.36. The molecule has 0 fully saturated rings. The zero-order chi connectivity index (χ0) is 11.0. The normalized spacial score (nSPS) is 12.4. The van der Waals surface area contributed by atoms with Crippen LogP contribution in [-0.4, -0.2) is 31.6 Å². The molecule has 3 nitrogen and oxygen atoms in total. The molecule has 0 aromatic heterocycles. The molecule has 0 radical (unpaired) electrons. The summed E-state index contributed by atoms with van der Waals surface area (Å²) in [7, 11) is 3.24. The Hall–Kier alpha value is 0.880. The topological polar surface area (TPSA) is 21.7 Å². The van der Waals surface area contributed by atoms with Crippen molar-refractivity contribution in [2.24, 2.45) is 0 Å². The molecule has 0 aliphatic carbocycles. The molecule has 0 aromatic carbocycles. The van der Waals surface area contributed by atoms with Crippen LogP contribution in [0.4, 0.5) is 0 Å². The molecule has 0 aliphatic rings. The highest BCUT2D eigenvalue weighted by Crippen LogP contribution is 2.60. The summed E-state index contributed by atoms with van der Waals surface area (Å²) in [5.74, 6) is 0. The minimum Gasteiger partial charge on any atom is -0.324 e. The van der Waals surface area contributed by atoms with Crippen LogP contribution in [0.1, 0.15) is 26.7 Å². The molecule has 0 heterocycles. The predicted octanol–water partition coefficient (Wildman–Crippen LogP) is 3.27. The monoisotopic (exact) mass is 257 g/mol. The van der Waals surface area contributed by atoms with E-state index in [4.69, 9.17) is 20.9 Å². The standard InChI is InChI=1S/C8H20NO2PS2/c1-5-7-9(8-6-2)14-12(13,10-3)11-4/h5-8H2,1-4H3. The maximum atomic E-state index is 5.30. The van der Waals surface area contributed by atoms with E-state index in [0.717, 1.165) is 25.9 Å². The minimum absolute atomic E-state index is 1.03. The summed E-state index contributed by atoms with van der Waals surface area (Å²) >= 11 is 6.85. The molecule has 0 bridgehead atoms. The third kappa shape index (κ3) is 5.69. The van der Waals surface area contributed by atoms with Gasteiger partial charge in [-0.25, -0.2) is 4.31 Å². The Balaban J connectivity index is 4.18. The fraction of sp³-hybridized carbons (Fsp3) is 1.00. The molecule has 0 rings (SSSR count). The quantitative estimate of drug-likeness (QED) is 0.490. The highest BCUT2D eigenvalue weighted by atomic mass is 32.9. The van der Waals surface area contributed by atoms with Crippen molar-refractivity contribution in [1.29, 1.82) is 0 Å². The highest BCUT2D eigenvalue weighted by Gasteiger charge is 2.20. The Morgan fingerprint density at radius 2 is 1.57 bits per heavy atom. The Morgan fingerprint density at radius 1 is 1.14 bits per heavy atom. The molecule has 0 N–H and O–H groups in total. The van der Waals surface area contributed by atoms with Gasteiger partial charge in [-0.1, -0.05) is 13.8 Å². The lowest BCUT2D eigenvalue weighted by Crippen LogP contribution is -2.17. The number of rotatable bonds is 8. The average Bonchev–Trinajstić information content (AvgIpc) is 2.18. The summed E-state index contributed by atoms with van der Waals surface area (Å²) in [6, 6.07) is 0. The first-order chi connectivity index (χ1) is 6.61. The van der Waals surface area contributed by atoms with Crippen molar-refractivity contribution in [1.82, 2.24) is 4.31 Å². The Labute approximate surface area is 96.6 Å². The second-order valence-electron chi connectivity index (χ2n) is 2.82. The molecule has 6 heteroatoms. The maximum absolute atomic E-state index is 5.30. The van der Waals surface area contributed by atoms with Crippen LogP contribution in [0.15, 0.2) is 0 Å². The lowest BCUT2D eigenvalue weighted by Gasteiger charge is -2.25. The number of hydrogen-bond acceptors (Lipinski definition) is 5. The van der Waals surface area contributed by atoms with Crippen LogP contribution in [0.3, 0.4) is 0 Å². The van der Waals surface area contributed by atoms with E-state index in [-0.39, 0.29) is 0 Å². The van der Waals surface area contributed by atoms with Gasteiger partial charge in [-0.05, 0) is 24.6 Å². The summed E-state index contributed by atoms with van der Waals surface area (Å²) in [6.07, 6.45) is 2.24. The Morgan fingerprint density at radius 3 is 1.86 bits per heavy atom. The van der Waals surface area contributed by atoms with Crippen molar-refractivity contribution < 1.29 is 9.05 Å². The first kappa shape index (κ1) is 14.9. The Bertz CT molecular complexity index is 178. The summed E-state index contributed by atoms with van der Waals surface area (Å²) < 4.78 is 12.7. The van der Waals surface area contributed by atoms with E-state index >= 15 is 0 Å². The lowest BCUT2D eigenvalue weighted by atomic mass is 10.4. The molecular weight excluding hydrogens is 237 g/mol.